The zero-order valence-corrected chi connectivity index (χ0v) is 18.4. The molecule has 5 nitrogen and oxygen atoms in total. The SMILES string of the molecule is O=C(O)C[C@@H]1CCc2cc(OCCCNc3ccc(C(F)(F)F)c(-c4ccccc4)n3)ccc21. The number of carboxylic acids is 1. The number of hydrogen-bond donors (Lipinski definition) is 2. The van der Waals surface area contributed by atoms with Gasteiger partial charge in [0.1, 0.15) is 11.6 Å². The normalized spacial score (nSPS) is 15.1. The lowest BCUT2D eigenvalue weighted by molar-refractivity contribution is -0.138. The Morgan fingerprint density at radius 3 is 2.65 bits per heavy atom. The molecular weight excluding hydrogens is 445 g/mol. The van der Waals surface area contributed by atoms with E-state index in [0.29, 0.717) is 31.0 Å². The number of halogens is 3. The molecule has 178 valence electrons. The van der Waals surface area contributed by atoms with E-state index in [1.807, 2.05) is 18.2 Å². The number of nitrogens with zero attached hydrogens (tertiary/aromatic N) is 1. The van der Waals surface area contributed by atoms with Gasteiger partial charge in [-0.1, -0.05) is 36.4 Å². The number of aliphatic carboxylic acids is 1. The zero-order chi connectivity index (χ0) is 24.1. The summed E-state index contributed by atoms with van der Waals surface area (Å²) >= 11 is 0. The first-order valence-electron chi connectivity index (χ1n) is 11.2. The van der Waals surface area contributed by atoms with Crippen molar-refractivity contribution in [1.82, 2.24) is 4.98 Å². The van der Waals surface area contributed by atoms with E-state index in [-0.39, 0.29) is 18.0 Å². The van der Waals surface area contributed by atoms with Crippen LogP contribution in [-0.2, 0) is 17.4 Å². The van der Waals surface area contributed by atoms with Gasteiger partial charge in [-0.25, -0.2) is 4.98 Å². The third-order valence-corrected chi connectivity index (χ3v) is 5.88. The van der Waals surface area contributed by atoms with E-state index in [1.54, 1.807) is 30.3 Å². The second-order valence-electron chi connectivity index (χ2n) is 8.28. The van der Waals surface area contributed by atoms with Crippen molar-refractivity contribution in [3.8, 4) is 17.0 Å². The van der Waals surface area contributed by atoms with Crippen molar-refractivity contribution in [2.75, 3.05) is 18.5 Å². The maximum atomic E-state index is 13.4. The smallest absolute Gasteiger partial charge is 0.418 e. The van der Waals surface area contributed by atoms with Gasteiger partial charge in [0.15, 0.2) is 0 Å². The quantitative estimate of drug-likeness (QED) is 0.367. The van der Waals surface area contributed by atoms with Gasteiger partial charge in [-0.2, -0.15) is 13.2 Å². The minimum atomic E-state index is -4.49. The summed E-state index contributed by atoms with van der Waals surface area (Å²) in [6.45, 7) is 0.911. The number of aromatic nitrogens is 1. The van der Waals surface area contributed by atoms with Crippen LogP contribution in [0.4, 0.5) is 19.0 Å². The van der Waals surface area contributed by atoms with E-state index in [1.165, 1.54) is 6.07 Å². The van der Waals surface area contributed by atoms with Crippen LogP contribution in [0.1, 0.15) is 41.9 Å². The van der Waals surface area contributed by atoms with Gasteiger partial charge in [0.05, 0.1) is 24.3 Å². The van der Waals surface area contributed by atoms with Gasteiger partial charge >= 0.3 is 12.1 Å². The van der Waals surface area contributed by atoms with Gasteiger partial charge < -0.3 is 15.2 Å². The molecule has 0 aliphatic heterocycles. The van der Waals surface area contributed by atoms with Crippen LogP contribution in [-0.4, -0.2) is 29.2 Å². The number of carboxylic acid groups (broad SMARTS) is 1. The maximum absolute atomic E-state index is 13.4. The molecule has 1 aliphatic rings. The van der Waals surface area contributed by atoms with Gasteiger partial charge in [-0.3, -0.25) is 4.79 Å². The van der Waals surface area contributed by atoms with E-state index in [2.05, 4.69) is 10.3 Å². The molecule has 0 fully saturated rings. The summed E-state index contributed by atoms with van der Waals surface area (Å²) in [7, 11) is 0. The first-order valence-corrected chi connectivity index (χ1v) is 11.2. The minimum Gasteiger partial charge on any atom is -0.494 e. The predicted molar refractivity (Wildman–Crippen MR) is 123 cm³/mol. The number of hydrogen-bond acceptors (Lipinski definition) is 4. The van der Waals surface area contributed by atoms with Crippen LogP contribution < -0.4 is 10.1 Å². The molecule has 0 radical (unpaired) electrons. The summed E-state index contributed by atoms with van der Waals surface area (Å²) in [5.74, 6) is 0.370. The largest absolute Gasteiger partial charge is 0.494 e. The Morgan fingerprint density at radius 1 is 1.12 bits per heavy atom. The Bertz CT molecular complexity index is 1150. The van der Waals surface area contributed by atoms with Crippen LogP contribution in [0.15, 0.2) is 60.7 Å². The highest BCUT2D eigenvalue weighted by Gasteiger charge is 2.34. The van der Waals surface area contributed by atoms with Gasteiger partial charge in [-0.15, -0.1) is 0 Å². The van der Waals surface area contributed by atoms with Crippen LogP contribution in [0.2, 0.25) is 0 Å². The van der Waals surface area contributed by atoms with Crippen molar-refractivity contribution in [2.24, 2.45) is 0 Å². The molecule has 0 saturated carbocycles. The fourth-order valence-corrected chi connectivity index (χ4v) is 4.28. The van der Waals surface area contributed by atoms with Crippen molar-refractivity contribution < 1.29 is 27.8 Å². The predicted octanol–water partition coefficient (Wildman–Crippen LogP) is 6.15. The number of ether oxygens (including phenoxy) is 1. The number of pyridine rings is 1. The number of benzene rings is 2. The average Bonchev–Trinajstić information content (AvgIpc) is 3.20. The van der Waals surface area contributed by atoms with Gasteiger partial charge in [0.25, 0.3) is 0 Å². The van der Waals surface area contributed by atoms with E-state index in [0.717, 1.165) is 35.8 Å². The molecule has 2 N–H and O–H groups in total. The number of fused-ring (bicyclic) bond motifs is 1. The molecule has 1 aromatic heterocycles. The number of rotatable bonds is 9. The lowest BCUT2D eigenvalue weighted by atomic mass is 9.98. The molecule has 4 rings (SSSR count). The highest BCUT2D eigenvalue weighted by molar-refractivity contribution is 5.68. The van der Waals surface area contributed by atoms with Crippen LogP contribution >= 0.6 is 0 Å². The molecule has 0 bridgehead atoms. The number of alkyl halides is 3. The molecule has 1 aliphatic carbocycles. The fraction of sp³-hybridized carbons (Fsp3) is 0.308. The Morgan fingerprint density at radius 2 is 1.91 bits per heavy atom. The van der Waals surface area contributed by atoms with E-state index >= 15 is 0 Å². The first-order chi connectivity index (χ1) is 16.3. The molecule has 8 heteroatoms. The Balaban J connectivity index is 1.32. The summed E-state index contributed by atoms with van der Waals surface area (Å²) in [6, 6.07) is 16.5. The van der Waals surface area contributed by atoms with Gasteiger partial charge in [0.2, 0.25) is 0 Å². The molecule has 0 amide bonds. The second kappa shape index (κ2) is 10.2. The summed E-state index contributed by atoms with van der Waals surface area (Å²) in [5.41, 5.74) is 1.75. The molecular formula is C26H25F3N2O3. The summed E-state index contributed by atoms with van der Waals surface area (Å²) in [6.07, 6.45) is -2.05. The Kier molecular flexibility index (Phi) is 7.05. The Labute approximate surface area is 195 Å². The van der Waals surface area contributed by atoms with Crippen molar-refractivity contribution >= 4 is 11.8 Å². The molecule has 34 heavy (non-hydrogen) atoms. The lowest BCUT2D eigenvalue weighted by Crippen LogP contribution is -2.12. The van der Waals surface area contributed by atoms with Gasteiger partial charge in [0, 0.05) is 12.1 Å². The summed E-state index contributed by atoms with van der Waals surface area (Å²) < 4.78 is 46.1. The minimum absolute atomic E-state index is 0.0581. The van der Waals surface area contributed by atoms with Crippen LogP contribution in [0.5, 0.6) is 5.75 Å². The standard InChI is InChI=1S/C26H25F3N2O3/c27-26(28,29)22-11-12-23(31-25(22)17-5-2-1-3-6-17)30-13-4-14-34-20-9-10-21-18(15-20)7-8-19(21)16-24(32)33/h1-3,5-6,9-12,15,19H,4,7-8,13-14,16H2,(H,30,31)(H,32,33)/t19-/m0/s1. The van der Waals surface area contributed by atoms with Crippen molar-refractivity contribution in [2.45, 2.75) is 37.8 Å². The highest BCUT2D eigenvalue weighted by Crippen LogP contribution is 2.38. The van der Waals surface area contributed by atoms with Crippen molar-refractivity contribution in [3.63, 3.8) is 0 Å². The topological polar surface area (TPSA) is 71.5 Å². The molecule has 0 unspecified atom stereocenters. The molecule has 1 heterocycles. The fourth-order valence-electron chi connectivity index (χ4n) is 4.28. The van der Waals surface area contributed by atoms with E-state index in [9.17, 15) is 18.0 Å². The number of aryl methyl sites for hydroxylation is 1. The molecule has 0 spiro atoms. The van der Waals surface area contributed by atoms with E-state index in [4.69, 9.17) is 9.84 Å². The second-order valence-corrected chi connectivity index (χ2v) is 8.28. The highest BCUT2D eigenvalue weighted by atomic mass is 19.4. The molecule has 0 saturated heterocycles. The molecule has 2 aromatic carbocycles. The van der Waals surface area contributed by atoms with Gasteiger partial charge in [-0.05, 0) is 60.6 Å². The summed E-state index contributed by atoms with van der Waals surface area (Å²) in [5, 5.41) is 12.1. The third kappa shape index (κ3) is 5.68. The monoisotopic (exact) mass is 470 g/mol. The van der Waals surface area contributed by atoms with Crippen molar-refractivity contribution in [3.05, 3.63) is 77.4 Å². The Hall–Kier alpha value is -3.55. The van der Waals surface area contributed by atoms with Crippen LogP contribution in [0.3, 0.4) is 0 Å². The number of carbonyl (C=O) groups is 1. The van der Waals surface area contributed by atoms with Crippen molar-refractivity contribution in [1.29, 1.82) is 0 Å². The van der Waals surface area contributed by atoms with Crippen LogP contribution in [0.25, 0.3) is 11.3 Å². The molecule has 3 aromatic rings. The molecule has 1 atom stereocenters. The zero-order valence-electron chi connectivity index (χ0n) is 18.4. The lowest BCUT2D eigenvalue weighted by Gasteiger charge is -2.15. The maximum Gasteiger partial charge on any atom is 0.418 e. The van der Waals surface area contributed by atoms with E-state index < -0.39 is 17.7 Å². The number of anilines is 1. The third-order valence-electron chi connectivity index (χ3n) is 5.88. The first kappa shape index (κ1) is 23.6. The average molecular weight is 470 g/mol. The van der Waals surface area contributed by atoms with Crippen LogP contribution in [0, 0.1) is 0 Å². The number of nitrogens with one attached hydrogen (secondary N) is 1. The summed E-state index contributed by atoms with van der Waals surface area (Å²) in [4.78, 5) is 15.2.